The van der Waals surface area contributed by atoms with Gasteiger partial charge in [0.05, 0.1) is 21.3 Å². The Morgan fingerprint density at radius 1 is 0.766 bits per heavy atom. The Morgan fingerprint density at radius 3 is 2.17 bits per heavy atom. The molecule has 5 rings (SSSR count). The minimum atomic E-state index is 0.144. The van der Waals surface area contributed by atoms with Gasteiger partial charge in [0.15, 0.2) is 39.8 Å². The maximum absolute atomic E-state index is 11.3. The molecule has 0 saturated carbocycles. The van der Waals surface area contributed by atoms with Crippen LogP contribution in [0.5, 0.6) is 46.0 Å². The molecular formula is C37H43N3O7. The van der Waals surface area contributed by atoms with Crippen LogP contribution in [-0.4, -0.2) is 53.4 Å². The van der Waals surface area contributed by atoms with Crippen LogP contribution in [0.15, 0.2) is 66.0 Å². The zero-order chi connectivity index (χ0) is 33.3. The Labute approximate surface area is 276 Å². The molecule has 4 aromatic carbocycles. The van der Waals surface area contributed by atoms with Crippen LogP contribution in [0.25, 0.3) is 0 Å². The van der Waals surface area contributed by atoms with E-state index in [1.165, 1.54) is 12.7 Å². The fourth-order valence-electron chi connectivity index (χ4n) is 5.86. The van der Waals surface area contributed by atoms with Crippen molar-refractivity contribution in [2.24, 2.45) is 5.34 Å². The van der Waals surface area contributed by atoms with Crippen LogP contribution < -0.4 is 33.8 Å². The van der Waals surface area contributed by atoms with Gasteiger partial charge >= 0.3 is 0 Å². The van der Waals surface area contributed by atoms with Crippen molar-refractivity contribution in [1.29, 1.82) is 0 Å². The molecule has 0 atom stereocenters. The number of hydrogen-bond acceptors (Lipinski definition) is 10. The predicted octanol–water partition coefficient (Wildman–Crippen LogP) is 7.20. The maximum Gasteiger partial charge on any atom is 0.245 e. The second kappa shape index (κ2) is 15.7. The van der Waals surface area contributed by atoms with Crippen molar-refractivity contribution >= 4 is 0 Å². The molecule has 0 radical (unpaired) electrons. The molecule has 47 heavy (non-hydrogen) atoms. The first kappa shape index (κ1) is 33.6. The van der Waals surface area contributed by atoms with E-state index < -0.39 is 0 Å². The molecule has 4 aromatic rings. The van der Waals surface area contributed by atoms with Crippen LogP contribution in [-0.2, 0) is 32.2 Å². The Morgan fingerprint density at radius 2 is 1.47 bits per heavy atom. The summed E-state index contributed by atoms with van der Waals surface area (Å²) in [5, 5.41) is 5.97. The number of hydrogen-bond donors (Lipinski definition) is 1. The molecule has 248 valence electrons. The van der Waals surface area contributed by atoms with E-state index in [1.54, 1.807) is 14.2 Å². The Hall–Kier alpha value is -4.80. The number of nitrogens with zero attached hydrogens (tertiary/aromatic N) is 2. The molecular weight excluding hydrogens is 598 g/mol. The molecule has 0 amide bonds. The lowest BCUT2D eigenvalue weighted by Crippen LogP contribution is -2.27. The zero-order valence-corrected chi connectivity index (χ0v) is 28.0. The molecule has 10 heteroatoms. The van der Waals surface area contributed by atoms with E-state index in [0.29, 0.717) is 41.0 Å². The molecule has 0 fully saturated rings. The summed E-state index contributed by atoms with van der Waals surface area (Å²) in [6, 6.07) is 20.0. The van der Waals surface area contributed by atoms with Crippen LogP contribution in [0, 0.1) is 11.8 Å². The first-order chi connectivity index (χ1) is 22.9. The molecule has 10 nitrogen and oxygen atoms in total. The highest BCUT2D eigenvalue weighted by Gasteiger charge is 2.28. The van der Waals surface area contributed by atoms with Gasteiger partial charge < -0.3 is 38.7 Å². The van der Waals surface area contributed by atoms with Crippen LogP contribution in [0.1, 0.15) is 33.4 Å². The second-order valence-corrected chi connectivity index (χ2v) is 11.7. The minimum Gasteiger partial charge on any atom is -0.493 e. The van der Waals surface area contributed by atoms with Crippen molar-refractivity contribution in [2.45, 2.75) is 39.2 Å². The fourth-order valence-corrected chi connectivity index (χ4v) is 5.86. The van der Waals surface area contributed by atoms with Gasteiger partial charge in [-0.3, -0.25) is 0 Å². The lowest BCUT2D eigenvalue weighted by Gasteiger charge is -2.28. The highest BCUT2D eigenvalue weighted by molar-refractivity contribution is 5.62. The Balaban J connectivity index is 1.44. The second-order valence-electron chi connectivity index (χ2n) is 11.7. The van der Waals surface area contributed by atoms with Crippen molar-refractivity contribution < 1.29 is 28.5 Å². The summed E-state index contributed by atoms with van der Waals surface area (Å²) in [7, 11) is 8.78. The zero-order valence-electron chi connectivity index (χ0n) is 28.0. The number of rotatable bonds is 15. The lowest BCUT2D eigenvalue weighted by molar-refractivity contribution is 0.273. The summed E-state index contributed by atoms with van der Waals surface area (Å²) in [5.74, 6) is 4.15. The highest BCUT2D eigenvalue weighted by atomic mass is 16.7. The van der Waals surface area contributed by atoms with Crippen LogP contribution in [0.3, 0.4) is 0 Å². The number of nitrogens with one attached hydrogen (secondary N) is 1. The van der Waals surface area contributed by atoms with Gasteiger partial charge in [-0.2, -0.15) is 0 Å². The van der Waals surface area contributed by atoms with Crippen LogP contribution in [0.2, 0.25) is 0 Å². The van der Waals surface area contributed by atoms with E-state index in [1.807, 2.05) is 69.6 Å². The Bertz CT molecular complexity index is 1690. The van der Waals surface area contributed by atoms with Gasteiger partial charge in [0.2, 0.25) is 5.75 Å². The van der Waals surface area contributed by atoms with Gasteiger partial charge in [0, 0.05) is 18.7 Å². The lowest BCUT2D eigenvalue weighted by atomic mass is 9.96. The normalized spacial score (nSPS) is 12.6. The molecule has 0 unspecified atom stereocenters. The third-order valence-corrected chi connectivity index (χ3v) is 8.43. The summed E-state index contributed by atoms with van der Waals surface area (Å²) in [6.45, 7) is 4.34. The summed E-state index contributed by atoms with van der Waals surface area (Å²) in [6.07, 6.45) is 3.19. The molecule has 1 aliphatic heterocycles. The number of ether oxygens (including phenoxy) is 5. The van der Waals surface area contributed by atoms with Gasteiger partial charge in [-0.05, 0) is 124 Å². The predicted molar refractivity (Wildman–Crippen MR) is 182 cm³/mol. The van der Waals surface area contributed by atoms with E-state index in [9.17, 15) is 4.91 Å². The molecule has 0 bridgehead atoms. The number of fused-ring (bicyclic) bond motifs is 1. The van der Waals surface area contributed by atoms with Crippen molar-refractivity contribution in [1.82, 2.24) is 10.2 Å². The summed E-state index contributed by atoms with van der Waals surface area (Å²) in [4.78, 5) is 18.7. The minimum absolute atomic E-state index is 0.144. The SMILES string of the molecule is CNCCc1cc(OC)c(Oc2c3c(cc(OC)c2ON=O)CCN(C)C3)cc1CCc1ccc(Oc2cc(C)ccc2OC)cc1. The smallest absolute Gasteiger partial charge is 0.245 e. The molecule has 1 heterocycles. The third kappa shape index (κ3) is 7.96. The van der Waals surface area contributed by atoms with Crippen molar-refractivity contribution in [3.63, 3.8) is 0 Å². The largest absolute Gasteiger partial charge is 0.493 e. The topological polar surface area (TPSA) is 100 Å². The molecule has 0 saturated heterocycles. The monoisotopic (exact) mass is 641 g/mol. The molecule has 0 spiro atoms. The number of benzene rings is 4. The van der Waals surface area contributed by atoms with Crippen molar-refractivity contribution in [3.05, 3.63) is 99.0 Å². The van der Waals surface area contributed by atoms with E-state index in [2.05, 4.69) is 27.7 Å². The highest BCUT2D eigenvalue weighted by Crippen LogP contribution is 2.48. The standard InChI is InChI=1S/C37H43N3O7/c1-24-7-14-31(42-4)33(19-24)45-29-12-9-25(10-13-29)8-11-26-21-34(32(43-5)20-27(26)15-17-38-2)46-36-30-23-40(3)18-16-28(30)22-35(44-6)37(36)47-39-41/h7,9-10,12-14,19-22,38H,8,11,15-18,23H2,1-6H3. The summed E-state index contributed by atoms with van der Waals surface area (Å²) >= 11 is 0. The summed E-state index contributed by atoms with van der Waals surface area (Å²) in [5.41, 5.74) is 6.55. The number of methoxy groups -OCH3 is 3. The van der Waals surface area contributed by atoms with Gasteiger partial charge in [-0.15, -0.1) is 4.91 Å². The average molecular weight is 642 g/mol. The molecule has 0 aromatic heterocycles. The first-order valence-electron chi connectivity index (χ1n) is 15.7. The van der Waals surface area contributed by atoms with Crippen LogP contribution in [0.4, 0.5) is 0 Å². The molecule has 0 aliphatic carbocycles. The third-order valence-electron chi connectivity index (χ3n) is 8.43. The van der Waals surface area contributed by atoms with Gasteiger partial charge in [0.1, 0.15) is 5.75 Å². The number of likely N-dealkylation sites (N-methyl/N-ethyl adjacent to an activating group) is 2. The molecule has 1 aliphatic rings. The van der Waals surface area contributed by atoms with Crippen molar-refractivity contribution in [2.75, 3.05) is 48.5 Å². The maximum atomic E-state index is 11.3. The van der Waals surface area contributed by atoms with E-state index in [4.69, 9.17) is 28.5 Å². The van der Waals surface area contributed by atoms with E-state index in [-0.39, 0.29) is 5.75 Å². The Kier molecular flexibility index (Phi) is 11.2. The van der Waals surface area contributed by atoms with Crippen LogP contribution >= 0.6 is 0 Å². The van der Waals surface area contributed by atoms with E-state index in [0.717, 1.165) is 72.3 Å². The first-order valence-corrected chi connectivity index (χ1v) is 15.7. The van der Waals surface area contributed by atoms with Gasteiger partial charge in [0.25, 0.3) is 0 Å². The van der Waals surface area contributed by atoms with E-state index >= 15 is 0 Å². The average Bonchev–Trinajstić information content (AvgIpc) is 3.08. The quantitative estimate of drug-likeness (QED) is 0.107. The fraction of sp³-hybridized carbons (Fsp3) is 0.351. The molecule has 1 N–H and O–H groups in total. The van der Waals surface area contributed by atoms with Crippen molar-refractivity contribution in [3.8, 4) is 46.0 Å². The summed E-state index contributed by atoms with van der Waals surface area (Å²) < 4.78 is 29.6. The van der Waals surface area contributed by atoms with Gasteiger partial charge in [-0.25, -0.2) is 0 Å². The number of aryl methyl sites for hydroxylation is 3. The van der Waals surface area contributed by atoms with Gasteiger partial charge in [-0.1, -0.05) is 18.2 Å².